The number of rotatable bonds is 3. The van der Waals surface area contributed by atoms with Crippen molar-refractivity contribution in [1.29, 1.82) is 0 Å². The second-order valence-electron chi connectivity index (χ2n) is 4.63. The summed E-state index contributed by atoms with van der Waals surface area (Å²) in [4.78, 5) is 8.28. The van der Waals surface area contributed by atoms with Crippen LogP contribution >= 0.6 is 0 Å². The van der Waals surface area contributed by atoms with E-state index in [4.69, 9.17) is 4.74 Å². The van der Waals surface area contributed by atoms with Crippen molar-refractivity contribution in [3.05, 3.63) is 31.0 Å². The highest BCUT2D eigenvalue weighted by Gasteiger charge is 2.12. The van der Waals surface area contributed by atoms with E-state index in [1.165, 1.54) is 6.33 Å². The van der Waals surface area contributed by atoms with Crippen LogP contribution in [0.5, 0.6) is 0 Å². The Labute approximate surface area is 111 Å². The molecule has 19 heavy (non-hydrogen) atoms. The third kappa shape index (κ3) is 3.08. The average Bonchev–Trinajstić information content (AvgIpc) is 2.86. The number of aromatic nitrogens is 4. The van der Waals surface area contributed by atoms with E-state index in [0.717, 1.165) is 44.0 Å². The predicted molar refractivity (Wildman–Crippen MR) is 71.2 cm³/mol. The van der Waals surface area contributed by atoms with Gasteiger partial charge in [-0.3, -0.25) is 0 Å². The van der Waals surface area contributed by atoms with E-state index in [9.17, 15) is 0 Å². The Hall–Kier alpha value is -1.95. The molecule has 0 spiro atoms. The minimum atomic E-state index is 0.474. The van der Waals surface area contributed by atoms with Crippen LogP contribution in [0.15, 0.2) is 31.0 Å². The molecule has 0 saturated carbocycles. The van der Waals surface area contributed by atoms with Gasteiger partial charge in [-0.1, -0.05) is 0 Å². The monoisotopic (exact) mass is 259 g/mol. The van der Waals surface area contributed by atoms with Crippen molar-refractivity contribution in [3.63, 3.8) is 0 Å². The molecule has 1 atom stereocenters. The average molecular weight is 259 g/mol. The number of ether oxygens (including phenoxy) is 1. The van der Waals surface area contributed by atoms with Crippen molar-refractivity contribution in [3.8, 4) is 5.82 Å². The number of hydrogen-bond donors (Lipinski definition) is 1. The number of hydrogen-bond acceptors (Lipinski definition) is 5. The molecule has 100 valence electrons. The van der Waals surface area contributed by atoms with Crippen molar-refractivity contribution < 1.29 is 4.74 Å². The van der Waals surface area contributed by atoms with Gasteiger partial charge in [0.1, 0.15) is 12.7 Å². The van der Waals surface area contributed by atoms with Crippen LogP contribution in [0.25, 0.3) is 5.82 Å². The van der Waals surface area contributed by atoms with E-state index >= 15 is 0 Å². The van der Waals surface area contributed by atoms with Crippen LogP contribution in [0.1, 0.15) is 19.3 Å². The Kier molecular flexibility index (Phi) is 3.69. The van der Waals surface area contributed by atoms with Gasteiger partial charge in [-0.2, -0.15) is 5.10 Å². The molecular weight excluding hydrogens is 242 g/mol. The van der Waals surface area contributed by atoms with Crippen LogP contribution in [0.4, 0.5) is 5.69 Å². The summed E-state index contributed by atoms with van der Waals surface area (Å²) >= 11 is 0. The third-order valence-corrected chi connectivity index (χ3v) is 3.22. The van der Waals surface area contributed by atoms with Crippen LogP contribution < -0.4 is 5.32 Å². The zero-order valence-electron chi connectivity index (χ0n) is 10.7. The fraction of sp³-hybridized carbons (Fsp3) is 0.462. The standard InChI is InChI=1S/C13H17N5O/c1-2-11(5-7-19-6-1)17-12-3-4-13(15-8-12)18-10-14-9-16-18/h3-4,8-11,17H,1-2,5-7H2. The van der Waals surface area contributed by atoms with Gasteiger partial charge in [-0.25, -0.2) is 14.6 Å². The van der Waals surface area contributed by atoms with Gasteiger partial charge < -0.3 is 10.1 Å². The number of pyridine rings is 1. The lowest BCUT2D eigenvalue weighted by Crippen LogP contribution is -2.19. The Balaban J connectivity index is 1.65. The van der Waals surface area contributed by atoms with Crippen LogP contribution in [0.3, 0.4) is 0 Å². The molecule has 0 aliphatic carbocycles. The van der Waals surface area contributed by atoms with E-state index in [2.05, 4.69) is 20.4 Å². The van der Waals surface area contributed by atoms with Crippen molar-refractivity contribution in [1.82, 2.24) is 19.7 Å². The summed E-state index contributed by atoms with van der Waals surface area (Å²) in [5.74, 6) is 0.771. The van der Waals surface area contributed by atoms with E-state index in [1.54, 1.807) is 11.0 Å². The lowest BCUT2D eigenvalue weighted by atomic mass is 10.1. The van der Waals surface area contributed by atoms with Gasteiger partial charge in [-0.15, -0.1) is 0 Å². The van der Waals surface area contributed by atoms with Gasteiger partial charge in [0.15, 0.2) is 5.82 Å². The first kappa shape index (κ1) is 12.1. The summed E-state index contributed by atoms with van der Waals surface area (Å²) in [6.07, 6.45) is 8.28. The van der Waals surface area contributed by atoms with E-state index in [1.807, 2.05) is 18.3 Å². The van der Waals surface area contributed by atoms with Gasteiger partial charge in [0.25, 0.3) is 0 Å². The SMILES string of the molecule is c1ncn(-c2ccc(NC3CCCOCC3)cn2)n1. The van der Waals surface area contributed by atoms with Crippen LogP contribution in [0.2, 0.25) is 0 Å². The second-order valence-corrected chi connectivity index (χ2v) is 4.63. The Morgan fingerprint density at radius 1 is 1.26 bits per heavy atom. The summed E-state index contributed by atoms with van der Waals surface area (Å²) in [5, 5.41) is 7.56. The van der Waals surface area contributed by atoms with Crippen LogP contribution in [0, 0.1) is 0 Å². The molecule has 0 aromatic carbocycles. The first-order chi connectivity index (χ1) is 9.42. The summed E-state index contributed by atoms with van der Waals surface area (Å²) in [6.45, 7) is 1.71. The zero-order chi connectivity index (χ0) is 12.9. The van der Waals surface area contributed by atoms with Crippen molar-refractivity contribution in [2.75, 3.05) is 18.5 Å². The number of nitrogens with one attached hydrogen (secondary N) is 1. The molecule has 0 bridgehead atoms. The molecule has 0 radical (unpaired) electrons. The van der Waals surface area contributed by atoms with E-state index in [-0.39, 0.29) is 0 Å². The number of anilines is 1. The maximum atomic E-state index is 5.46. The van der Waals surface area contributed by atoms with Gasteiger partial charge in [0, 0.05) is 19.3 Å². The Morgan fingerprint density at radius 3 is 3.05 bits per heavy atom. The molecule has 1 fully saturated rings. The normalized spacial score (nSPS) is 19.9. The molecule has 6 nitrogen and oxygen atoms in total. The Morgan fingerprint density at radius 2 is 2.26 bits per heavy atom. The lowest BCUT2D eigenvalue weighted by molar-refractivity contribution is 0.144. The summed E-state index contributed by atoms with van der Waals surface area (Å²) in [6, 6.07) is 4.43. The zero-order valence-corrected chi connectivity index (χ0v) is 10.7. The van der Waals surface area contributed by atoms with Crippen molar-refractivity contribution >= 4 is 5.69 Å². The van der Waals surface area contributed by atoms with Gasteiger partial charge in [0.05, 0.1) is 11.9 Å². The summed E-state index contributed by atoms with van der Waals surface area (Å²) in [5.41, 5.74) is 1.04. The highest BCUT2D eigenvalue weighted by molar-refractivity contribution is 5.44. The highest BCUT2D eigenvalue weighted by Crippen LogP contribution is 2.15. The quantitative estimate of drug-likeness (QED) is 0.907. The molecule has 2 aromatic heterocycles. The predicted octanol–water partition coefficient (Wildman–Crippen LogP) is 1.64. The molecule has 3 rings (SSSR count). The molecule has 6 heteroatoms. The summed E-state index contributed by atoms with van der Waals surface area (Å²) in [7, 11) is 0. The van der Waals surface area contributed by atoms with Crippen LogP contribution in [-0.2, 0) is 4.74 Å². The highest BCUT2D eigenvalue weighted by atomic mass is 16.5. The summed E-state index contributed by atoms with van der Waals surface area (Å²) < 4.78 is 7.10. The molecular formula is C13H17N5O. The third-order valence-electron chi connectivity index (χ3n) is 3.22. The first-order valence-corrected chi connectivity index (χ1v) is 6.57. The fourth-order valence-corrected chi connectivity index (χ4v) is 2.22. The van der Waals surface area contributed by atoms with Gasteiger partial charge in [0.2, 0.25) is 0 Å². The van der Waals surface area contributed by atoms with Gasteiger partial charge in [-0.05, 0) is 31.4 Å². The first-order valence-electron chi connectivity index (χ1n) is 6.57. The minimum absolute atomic E-state index is 0.474. The number of nitrogens with zero attached hydrogens (tertiary/aromatic N) is 4. The van der Waals surface area contributed by atoms with Crippen molar-refractivity contribution in [2.45, 2.75) is 25.3 Å². The van der Waals surface area contributed by atoms with Gasteiger partial charge >= 0.3 is 0 Å². The molecule has 0 amide bonds. The smallest absolute Gasteiger partial charge is 0.155 e. The second kappa shape index (κ2) is 5.79. The molecule has 3 heterocycles. The fourth-order valence-electron chi connectivity index (χ4n) is 2.22. The molecule has 1 saturated heterocycles. The molecule has 1 aliphatic heterocycles. The maximum absolute atomic E-state index is 5.46. The molecule has 2 aromatic rings. The van der Waals surface area contributed by atoms with E-state index in [0.29, 0.717) is 6.04 Å². The van der Waals surface area contributed by atoms with Crippen LogP contribution in [-0.4, -0.2) is 39.0 Å². The Bertz CT molecular complexity index is 488. The molecule has 1 aliphatic rings. The topological polar surface area (TPSA) is 64.9 Å². The molecule has 1 unspecified atom stereocenters. The van der Waals surface area contributed by atoms with E-state index < -0.39 is 0 Å². The largest absolute Gasteiger partial charge is 0.381 e. The maximum Gasteiger partial charge on any atom is 0.155 e. The molecule has 1 N–H and O–H groups in total. The minimum Gasteiger partial charge on any atom is -0.381 e. The lowest BCUT2D eigenvalue weighted by Gasteiger charge is -2.16. The van der Waals surface area contributed by atoms with Crippen molar-refractivity contribution in [2.24, 2.45) is 0 Å².